The topological polar surface area (TPSA) is 40.2 Å². The van der Waals surface area contributed by atoms with E-state index in [0.29, 0.717) is 0 Å². The van der Waals surface area contributed by atoms with Crippen molar-refractivity contribution in [1.29, 1.82) is 0 Å². The molecule has 2 aliphatic rings. The van der Waals surface area contributed by atoms with Gasteiger partial charge < -0.3 is 18.9 Å². The van der Waals surface area contributed by atoms with Crippen LogP contribution in [0, 0.1) is 5.92 Å². The van der Waals surface area contributed by atoms with Crippen molar-refractivity contribution in [2.45, 2.75) is 57.4 Å². The predicted molar refractivity (Wildman–Crippen MR) is 132 cm³/mol. The smallest absolute Gasteiger partial charge is 0.161 e. The molecule has 0 radical (unpaired) electrons. The zero-order valence-electron chi connectivity index (χ0n) is 20.7. The molecule has 33 heavy (non-hydrogen) atoms. The number of hydrogen-bond donors (Lipinski definition) is 0. The molecule has 1 aliphatic heterocycles. The summed E-state index contributed by atoms with van der Waals surface area (Å²) in [6.45, 7) is 1.78. The van der Waals surface area contributed by atoms with Crippen LogP contribution in [0.25, 0.3) is 0 Å². The molecule has 5 nitrogen and oxygen atoms in total. The van der Waals surface area contributed by atoms with Crippen LogP contribution in [0.1, 0.15) is 61.3 Å². The van der Waals surface area contributed by atoms with Crippen molar-refractivity contribution < 1.29 is 18.9 Å². The van der Waals surface area contributed by atoms with E-state index in [9.17, 15) is 0 Å². The molecule has 0 aromatic heterocycles. The number of nitrogens with zero attached hydrogens (tertiary/aromatic N) is 1. The van der Waals surface area contributed by atoms with Crippen molar-refractivity contribution >= 4 is 0 Å². The van der Waals surface area contributed by atoms with Crippen LogP contribution in [-0.4, -0.2) is 46.4 Å². The first-order valence-electron chi connectivity index (χ1n) is 12.4. The van der Waals surface area contributed by atoms with Crippen LogP contribution < -0.4 is 18.9 Å². The molecule has 0 amide bonds. The summed E-state index contributed by atoms with van der Waals surface area (Å²) in [7, 11) is 7.32. The molecular weight excluding hydrogens is 414 g/mol. The fourth-order valence-electron chi connectivity index (χ4n) is 5.41. The average molecular weight is 454 g/mol. The lowest BCUT2D eigenvalue weighted by molar-refractivity contribution is 0.226. The number of ether oxygens (including phenoxy) is 4. The number of fused-ring (bicyclic) bond motifs is 1. The Hall–Kier alpha value is -2.40. The molecule has 1 atom stereocenters. The number of hydrogen-bond acceptors (Lipinski definition) is 5. The number of likely N-dealkylation sites (N-methyl/N-ethyl adjacent to an activating group) is 1. The second-order valence-electron chi connectivity index (χ2n) is 9.48. The summed E-state index contributed by atoms with van der Waals surface area (Å²) in [6, 6.07) is 10.9. The van der Waals surface area contributed by atoms with E-state index >= 15 is 0 Å². The third-order valence-electron chi connectivity index (χ3n) is 7.44. The highest BCUT2D eigenvalue weighted by molar-refractivity contribution is 5.50. The van der Waals surface area contributed by atoms with Crippen LogP contribution in [0.4, 0.5) is 0 Å². The van der Waals surface area contributed by atoms with E-state index < -0.39 is 0 Å². The van der Waals surface area contributed by atoms with E-state index in [4.69, 9.17) is 18.9 Å². The van der Waals surface area contributed by atoms with Crippen LogP contribution >= 0.6 is 0 Å². The quantitative estimate of drug-likeness (QED) is 0.477. The first-order valence-corrected chi connectivity index (χ1v) is 12.4. The lowest BCUT2D eigenvalue weighted by Crippen LogP contribution is -2.33. The van der Waals surface area contributed by atoms with Gasteiger partial charge in [-0.1, -0.05) is 38.2 Å². The highest BCUT2D eigenvalue weighted by atomic mass is 16.5. The van der Waals surface area contributed by atoms with Crippen LogP contribution in [0.3, 0.4) is 0 Å². The first-order chi connectivity index (χ1) is 16.1. The molecule has 1 unspecified atom stereocenters. The summed E-state index contributed by atoms with van der Waals surface area (Å²) >= 11 is 0. The number of benzene rings is 2. The molecule has 1 heterocycles. The SMILES string of the molecule is COc1cc2c(cc1OC)C(Cc1ccc(OC)c(OCCC3CCCCC3)c1)N(C)CC2. The summed E-state index contributed by atoms with van der Waals surface area (Å²) in [5, 5.41) is 0. The normalized spacial score (nSPS) is 19.1. The fraction of sp³-hybridized carbons (Fsp3) is 0.571. The molecule has 1 aliphatic carbocycles. The van der Waals surface area contributed by atoms with Gasteiger partial charge in [-0.2, -0.15) is 0 Å². The van der Waals surface area contributed by atoms with Crippen LogP contribution in [-0.2, 0) is 12.8 Å². The van der Waals surface area contributed by atoms with Crippen molar-refractivity contribution in [3.8, 4) is 23.0 Å². The maximum absolute atomic E-state index is 6.25. The Balaban J connectivity index is 1.51. The molecule has 1 saturated carbocycles. The van der Waals surface area contributed by atoms with Crippen molar-refractivity contribution in [1.82, 2.24) is 4.90 Å². The van der Waals surface area contributed by atoms with Gasteiger partial charge in [-0.15, -0.1) is 0 Å². The Bertz CT molecular complexity index is 922. The van der Waals surface area contributed by atoms with Crippen molar-refractivity contribution in [3.05, 3.63) is 47.0 Å². The van der Waals surface area contributed by atoms with Gasteiger partial charge in [-0.3, -0.25) is 4.90 Å². The zero-order chi connectivity index (χ0) is 23.2. The molecule has 1 fully saturated rings. The van der Waals surface area contributed by atoms with Gasteiger partial charge in [0.2, 0.25) is 0 Å². The molecule has 0 spiro atoms. The Morgan fingerprint density at radius 3 is 2.30 bits per heavy atom. The molecule has 4 rings (SSSR count). The highest BCUT2D eigenvalue weighted by Gasteiger charge is 2.27. The minimum Gasteiger partial charge on any atom is -0.493 e. The molecular formula is C28H39NO4. The third-order valence-corrected chi connectivity index (χ3v) is 7.44. The number of methoxy groups -OCH3 is 3. The molecule has 180 valence electrons. The first kappa shape index (κ1) is 23.7. The van der Waals surface area contributed by atoms with Gasteiger partial charge in [0.25, 0.3) is 0 Å². The van der Waals surface area contributed by atoms with Crippen LogP contribution in [0.2, 0.25) is 0 Å². The summed E-state index contributed by atoms with van der Waals surface area (Å²) in [5.41, 5.74) is 3.91. The van der Waals surface area contributed by atoms with E-state index in [0.717, 1.165) is 61.3 Å². The van der Waals surface area contributed by atoms with Crippen molar-refractivity contribution in [2.24, 2.45) is 5.92 Å². The minimum atomic E-state index is 0.275. The fourth-order valence-corrected chi connectivity index (χ4v) is 5.41. The summed E-state index contributed by atoms with van der Waals surface area (Å²) < 4.78 is 23.0. The Labute approximate surface area is 199 Å². The largest absolute Gasteiger partial charge is 0.493 e. The van der Waals surface area contributed by atoms with Crippen molar-refractivity contribution in [2.75, 3.05) is 41.5 Å². The summed E-state index contributed by atoms with van der Waals surface area (Å²) in [5.74, 6) is 4.07. The van der Waals surface area contributed by atoms with Gasteiger partial charge >= 0.3 is 0 Å². The van der Waals surface area contributed by atoms with Gasteiger partial charge in [-0.25, -0.2) is 0 Å². The van der Waals surface area contributed by atoms with Gasteiger partial charge in [0.1, 0.15) is 0 Å². The summed E-state index contributed by atoms with van der Waals surface area (Å²) in [4.78, 5) is 2.43. The average Bonchev–Trinajstić information content (AvgIpc) is 2.85. The van der Waals surface area contributed by atoms with Crippen LogP contribution in [0.5, 0.6) is 23.0 Å². The second-order valence-corrected chi connectivity index (χ2v) is 9.48. The molecule has 2 aromatic carbocycles. The zero-order valence-corrected chi connectivity index (χ0v) is 20.7. The van der Waals surface area contributed by atoms with Gasteiger partial charge in [0, 0.05) is 12.6 Å². The Morgan fingerprint density at radius 1 is 0.848 bits per heavy atom. The summed E-state index contributed by atoms with van der Waals surface area (Å²) in [6.07, 6.45) is 9.89. The maximum Gasteiger partial charge on any atom is 0.161 e. The van der Waals surface area contributed by atoms with E-state index in [-0.39, 0.29) is 6.04 Å². The lowest BCUT2D eigenvalue weighted by Gasteiger charge is -2.35. The molecule has 2 aromatic rings. The standard InChI is InChI=1S/C28H39NO4/c1-29-14-12-22-18-26(31-3)27(32-4)19-23(22)24(29)16-21-10-11-25(30-2)28(17-21)33-15-13-20-8-6-5-7-9-20/h10-11,17-20,24H,5-9,12-16H2,1-4H3. The van der Waals surface area contributed by atoms with E-state index in [1.807, 2.05) is 6.07 Å². The number of rotatable bonds is 9. The van der Waals surface area contributed by atoms with Gasteiger partial charge in [0.15, 0.2) is 23.0 Å². The second kappa shape index (κ2) is 11.1. The van der Waals surface area contributed by atoms with E-state index in [2.05, 4.69) is 36.2 Å². The van der Waals surface area contributed by atoms with Gasteiger partial charge in [0.05, 0.1) is 27.9 Å². The van der Waals surface area contributed by atoms with Crippen LogP contribution in [0.15, 0.2) is 30.3 Å². The molecule has 5 heteroatoms. The Morgan fingerprint density at radius 2 is 1.58 bits per heavy atom. The monoisotopic (exact) mass is 453 g/mol. The lowest BCUT2D eigenvalue weighted by atomic mass is 9.87. The predicted octanol–water partition coefficient (Wildman–Crippen LogP) is 5.83. The Kier molecular flexibility index (Phi) is 8.02. The maximum atomic E-state index is 6.25. The van der Waals surface area contributed by atoms with E-state index in [1.165, 1.54) is 48.8 Å². The minimum absolute atomic E-state index is 0.275. The van der Waals surface area contributed by atoms with E-state index in [1.54, 1.807) is 21.3 Å². The molecule has 0 saturated heterocycles. The van der Waals surface area contributed by atoms with Crippen molar-refractivity contribution in [3.63, 3.8) is 0 Å². The molecule has 0 N–H and O–H groups in total. The molecule has 0 bridgehead atoms. The highest BCUT2D eigenvalue weighted by Crippen LogP contribution is 2.40. The van der Waals surface area contributed by atoms with Gasteiger partial charge in [-0.05, 0) is 73.2 Å². The third kappa shape index (κ3) is 5.57.